The van der Waals surface area contributed by atoms with Crippen molar-refractivity contribution in [3.8, 4) is 0 Å². The summed E-state index contributed by atoms with van der Waals surface area (Å²) in [6.07, 6.45) is 4.67. The van der Waals surface area contributed by atoms with Crippen LogP contribution in [0.3, 0.4) is 0 Å². The lowest BCUT2D eigenvalue weighted by molar-refractivity contribution is -0.123. The Bertz CT molecular complexity index is 1440. The zero-order valence-electron chi connectivity index (χ0n) is 19.6. The Morgan fingerprint density at radius 3 is 1.97 bits per heavy atom. The van der Waals surface area contributed by atoms with Crippen LogP contribution in [0.1, 0.15) is 27.1 Å². The molecular weight excluding hydrogens is 524 g/mol. The number of amides is 2. The maximum atomic E-state index is 13.3. The van der Waals surface area contributed by atoms with E-state index in [1.54, 1.807) is 0 Å². The van der Waals surface area contributed by atoms with Crippen molar-refractivity contribution in [3.05, 3.63) is 64.7 Å². The van der Waals surface area contributed by atoms with Crippen molar-refractivity contribution in [2.24, 2.45) is 23.7 Å². The predicted octanol–water partition coefficient (Wildman–Crippen LogP) is 3.03. The van der Waals surface area contributed by atoms with Gasteiger partial charge >= 0.3 is 11.9 Å². The maximum Gasteiger partial charge on any atom is 0.337 e. The average molecular weight is 545 g/mol. The summed E-state index contributed by atoms with van der Waals surface area (Å²) in [5.74, 6) is -3.37. The molecule has 1 saturated heterocycles. The number of carbonyl (C=O) groups excluding carboxylic acids is 4. The molecule has 4 atom stereocenters. The Balaban J connectivity index is 1.49. The van der Waals surface area contributed by atoms with Crippen LogP contribution >= 0.6 is 11.6 Å². The van der Waals surface area contributed by atoms with Crippen LogP contribution in [0.2, 0.25) is 5.02 Å². The van der Waals surface area contributed by atoms with Gasteiger partial charge in [-0.1, -0.05) is 23.8 Å². The number of carbonyl (C=O) groups is 4. The minimum absolute atomic E-state index is 0.0186. The topological polar surface area (TPSA) is 136 Å². The smallest absolute Gasteiger partial charge is 0.337 e. The highest BCUT2D eigenvalue weighted by Crippen LogP contribution is 2.53. The summed E-state index contributed by atoms with van der Waals surface area (Å²) >= 11 is 6.33. The molecule has 0 radical (unpaired) electrons. The summed E-state index contributed by atoms with van der Waals surface area (Å²) in [5, 5.41) is 0.0431. The molecule has 0 aromatic heterocycles. The van der Waals surface area contributed by atoms with Crippen LogP contribution in [0.25, 0.3) is 0 Å². The number of benzene rings is 2. The van der Waals surface area contributed by atoms with Gasteiger partial charge in [0.25, 0.3) is 10.0 Å². The van der Waals surface area contributed by atoms with Crippen molar-refractivity contribution in [1.82, 2.24) is 0 Å². The molecule has 2 amide bonds. The van der Waals surface area contributed by atoms with Crippen LogP contribution in [0.5, 0.6) is 0 Å². The predicted molar refractivity (Wildman–Crippen MR) is 132 cm³/mol. The van der Waals surface area contributed by atoms with Gasteiger partial charge in [-0.2, -0.15) is 0 Å². The minimum Gasteiger partial charge on any atom is -0.465 e. The van der Waals surface area contributed by atoms with Crippen molar-refractivity contribution in [2.75, 3.05) is 23.8 Å². The Morgan fingerprint density at radius 2 is 1.46 bits per heavy atom. The minimum atomic E-state index is -4.32. The van der Waals surface area contributed by atoms with Gasteiger partial charge in [-0.15, -0.1) is 0 Å². The summed E-state index contributed by atoms with van der Waals surface area (Å²) < 4.78 is 38.2. The number of ether oxygens (including phenoxy) is 2. The number of esters is 2. The standard InChI is InChI=1S/C25H21ClN2O8S/c1-35-24(31)14-8-15(25(32)36-2)10-16(9-14)27-37(33,34)17-5-6-18(26)19(11-17)28-22(29)20-12-3-4-13(7-12)21(20)23(28)30/h3-6,8-13,20-21,27H,7H2,1-2H3/t12-,13+,20-,21+. The highest BCUT2D eigenvalue weighted by atomic mass is 35.5. The lowest BCUT2D eigenvalue weighted by Crippen LogP contribution is -2.33. The zero-order valence-corrected chi connectivity index (χ0v) is 21.2. The Labute approximate surface area is 217 Å². The van der Waals surface area contributed by atoms with Crippen LogP contribution in [0.4, 0.5) is 11.4 Å². The molecule has 3 aliphatic rings. The molecular formula is C25H21ClN2O8S. The fraction of sp³-hybridized carbons (Fsp3) is 0.280. The highest BCUT2D eigenvalue weighted by molar-refractivity contribution is 7.92. The molecule has 10 nitrogen and oxygen atoms in total. The summed E-state index contributed by atoms with van der Waals surface area (Å²) in [5.41, 5.74) is -0.289. The number of halogens is 1. The lowest BCUT2D eigenvalue weighted by atomic mass is 9.85. The summed E-state index contributed by atoms with van der Waals surface area (Å²) in [7, 11) is -2.03. The number of hydrogen-bond acceptors (Lipinski definition) is 8. The number of hydrogen-bond donors (Lipinski definition) is 1. The van der Waals surface area contributed by atoms with Crippen LogP contribution in [-0.2, 0) is 29.1 Å². The second-order valence-electron chi connectivity index (χ2n) is 9.01. The van der Waals surface area contributed by atoms with Crippen LogP contribution in [0.15, 0.2) is 53.4 Å². The average Bonchev–Trinajstić information content (AvgIpc) is 3.56. The van der Waals surface area contributed by atoms with Crippen LogP contribution < -0.4 is 9.62 Å². The van der Waals surface area contributed by atoms with Gasteiger partial charge in [-0.3, -0.25) is 14.3 Å². The molecule has 5 rings (SSSR count). The van der Waals surface area contributed by atoms with Crippen molar-refractivity contribution >= 4 is 56.8 Å². The van der Waals surface area contributed by atoms with Gasteiger partial charge in [0.2, 0.25) is 11.8 Å². The fourth-order valence-corrected chi connectivity index (χ4v) is 6.60. The number of nitrogens with one attached hydrogen (secondary N) is 1. The normalized spacial score (nSPS) is 23.8. The molecule has 1 heterocycles. The first-order valence-corrected chi connectivity index (χ1v) is 13.1. The molecule has 1 N–H and O–H groups in total. The summed E-state index contributed by atoms with van der Waals surface area (Å²) in [6, 6.07) is 7.27. The van der Waals surface area contributed by atoms with Gasteiger partial charge in [0.1, 0.15) is 0 Å². The number of rotatable bonds is 6. The molecule has 12 heteroatoms. The largest absolute Gasteiger partial charge is 0.465 e. The van der Waals surface area contributed by atoms with Gasteiger partial charge in [0.05, 0.1) is 58.5 Å². The SMILES string of the molecule is COC(=O)c1cc(NS(=O)(=O)c2ccc(Cl)c(N3C(=O)[C@@H]4[C@H](C3=O)[C@@H]3C=C[C@H]4C3)c2)cc(C(=O)OC)c1. The van der Waals surface area contributed by atoms with Crippen molar-refractivity contribution in [2.45, 2.75) is 11.3 Å². The summed E-state index contributed by atoms with van der Waals surface area (Å²) in [4.78, 5) is 51.2. The van der Waals surface area contributed by atoms with E-state index in [0.29, 0.717) is 0 Å². The van der Waals surface area contributed by atoms with Gasteiger partial charge < -0.3 is 9.47 Å². The number of fused-ring (bicyclic) bond motifs is 5. The Kier molecular flexibility index (Phi) is 6.07. The van der Waals surface area contributed by atoms with E-state index in [2.05, 4.69) is 14.2 Å². The molecule has 0 spiro atoms. The maximum absolute atomic E-state index is 13.3. The highest BCUT2D eigenvalue weighted by Gasteiger charge is 2.59. The lowest BCUT2D eigenvalue weighted by Gasteiger charge is -2.20. The first kappa shape index (κ1) is 25.0. The van der Waals surface area contributed by atoms with E-state index in [1.807, 2.05) is 12.2 Å². The van der Waals surface area contributed by atoms with E-state index in [1.165, 1.54) is 30.3 Å². The monoisotopic (exact) mass is 544 g/mol. The van der Waals surface area contributed by atoms with Gasteiger partial charge in [-0.25, -0.2) is 22.9 Å². The molecule has 37 heavy (non-hydrogen) atoms. The number of nitrogens with zero attached hydrogens (tertiary/aromatic N) is 1. The molecule has 1 aliphatic heterocycles. The number of allylic oxidation sites excluding steroid dienone is 2. The summed E-state index contributed by atoms with van der Waals surface area (Å²) in [6.45, 7) is 0. The second kappa shape index (κ2) is 9.00. The quantitative estimate of drug-likeness (QED) is 0.333. The molecule has 2 aliphatic carbocycles. The van der Waals surface area contributed by atoms with Crippen molar-refractivity contribution in [3.63, 3.8) is 0 Å². The molecule has 2 bridgehead atoms. The fourth-order valence-electron chi connectivity index (χ4n) is 5.34. The first-order chi connectivity index (χ1) is 17.6. The number of anilines is 2. The van der Waals surface area contributed by atoms with Crippen molar-refractivity contribution < 1.29 is 37.1 Å². The molecule has 2 aromatic carbocycles. The number of sulfonamides is 1. The molecule has 0 unspecified atom stereocenters. The third-order valence-electron chi connectivity index (χ3n) is 6.97. The van der Waals surface area contributed by atoms with E-state index < -0.39 is 45.6 Å². The Hall–Kier alpha value is -3.70. The Morgan fingerprint density at radius 1 is 0.919 bits per heavy atom. The van der Waals surface area contributed by atoms with E-state index in [-0.39, 0.29) is 44.3 Å². The van der Waals surface area contributed by atoms with E-state index in [9.17, 15) is 27.6 Å². The zero-order chi connectivity index (χ0) is 26.6. The van der Waals surface area contributed by atoms with Crippen LogP contribution in [-0.4, -0.2) is 46.4 Å². The first-order valence-electron chi connectivity index (χ1n) is 11.3. The van der Waals surface area contributed by atoms with E-state index in [4.69, 9.17) is 11.6 Å². The van der Waals surface area contributed by atoms with E-state index >= 15 is 0 Å². The third-order valence-corrected chi connectivity index (χ3v) is 8.67. The molecule has 1 saturated carbocycles. The van der Waals surface area contributed by atoms with Crippen molar-refractivity contribution in [1.29, 1.82) is 0 Å². The van der Waals surface area contributed by atoms with E-state index in [0.717, 1.165) is 31.6 Å². The second-order valence-corrected chi connectivity index (χ2v) is 11.1. The van der Waals surface area contributed by atoms with Crippen LogP contribution in [0, 0.1) is 23.7 Å². The van der Waals surface area contributed by atoms with Gasteiger partial charge in [0, 0.05) is 0 Å². The molecule has 2 aromatic rings. The molecule has 192 valence electrons. The number of methoxy groups -OCH3 is 2. The van der Waals surface area contributed by atoms with Gasteiger partial charge in [0.15, 0.2) is 0 Å². The third kappa shape index (κ3) is 4.08. The number of imide groups is 1. The van der Waals surface area contributed by atoms with Gasteiger partial charge in [-0.05, 0) is 54.7 Å². The molecule has 2 fully saturated rings.